The van der Waals surface area contributed by atoms with Gasteiger partial charge in [0.1, 0.15) is 15.7 Å². The van der Waals surface area contributed by atoms with Crippen LogP contribution in [0.3, 0.4) is 0 Å². The van der Waals surface area contributed by atoms with Crippen molar-refractivity contribution in [3.63, 3.8) is 0 Å². The number of hydrogen-bond donors (Lipinski definition) is 1. The molecule has 0 bridgehead atoms. The number of sulfone groups is 1. The van der Waals surface area contributed by atoms with Gasteiger partial charge in [0.15, 0.2) is 0 Å². The minimum atomic E-state index is -3.07. The van der Waals surface area contributed by atoms with Crippen LogP contribution in [0.4, 0.5) is 10.1 Å². The second-order valence-corrected chi connectivity index (χ2v) is 7.66. The van der Waals surface area contributed by atoms with Crippen molar-refractivity contribution in [3.8, 4) is 0 Å². The highest BCUT2D eigenvalue weighted by Crippen LogP contribution is 2.28. The summed E-state index contributed by atoms with van der Waals surface area (Å²) in [6.07, 6.45) is 2.19. The summed E-state index contributed by atoms with van der Waals surface area (Å²) >= 11 is 0. The monoisotopic (exact) mass is 316 g/mol. The number of anilines is 1. The fourth-order valence-electron chi connectivity index (χ4n) is 2.17. The molecule has 120 valence electrons. The van der Waals surface area contributed by atoms with Crippen molar-refractivity contribution in [3.05, 3.63) is 29.6 Å². The SMILES string of the molecule is CCCNC(C)c1cccc(F)c1N(C)CCS(C)(=O)=O. The van der Waals surface area contributed by atoms with E-state index in [9.17, 15) is 12.8 Å². The Hall–Kier alpha value is -1.14. The fraction of sp³-hybridized carbons (Fsp3) is 0.600. The molecule has 0 spiro atoms. The van der Waals surface area contributed by atoms with E-state index in [0.717, 1.165) is 18.5 Å². The van der Waals surface area contributed by atoms with Crippen molar-refractivity contribution in [2.24, 2.45) is 0 Å². The zero-order chi connectivity index (χ0) is 16.0. The standard InChI is InChI=1S/C15H25FN2O2S/c1-5-9-17-12(2)13-7-6-8-14(16)15(13)18(3)10-11-21(4,19)20/h6-8,12,17H,5,9-11H2,1-4H3. The van der Waals surface area contributed by atoms with Crippen LogP contribution in [0.15, 0.2) is 18.2 Å². The predicted molar refractivity (Wildman–Crippen MR) is 86.1 cm³/mol. The molecule has 0 fully saturated rings. The molecule has 21 heavy (non-hydrogen) atoms. The van der Waals surface area contributed by atoms with Gasteiger partial charge in [-0.05, 0) is 31.5 Å². The minimum absolute atomic E-state index is 0.00798. The van der Waals surface area contributed by atoms with E-state index in [1.165, 1.54) is 12.3 Å². The van der Waals surface area contributed by atoms with E-state index in [1.807, 2.05) is 13.0 Å². The van der Waals surface area contributed by atoms with Crippen LogP contribution in [-0.2, 0) is 9.84 Å². The molecule has 0 heterocycles. The van der Waals surface area contributed by atoms with Gasteiger partial charge in [-0.2, -0.15) is 0 Å². The van der Waals surface area contributed by atoms with Crippen molar-refractivity contribution in [2.75, 3.05) is 37.0 Å². The molecule has 0 radical (unpaired) electrons. The largest absolute Gasteiger partial charge is 0.371 e. The molecule has 0 aromatic heterocycles. The molecule has 1 N–H and O–H groups in total. The van der Waals surface area contributed by atoms with Gasteiger partial charge in [-0.25, -0.2) is 12.8 Å². The molecule has 1 unspecified atom stereocenters. The van der Waals surface area contributed by atoms with Crippen LogP contribution in [0.1, 0.15) is 31.9 Å². The Kier molecular flexibility index (Phi) is 6.61. The number of halogens is 1. The Morgan fingerprint density at radius 1 is 1.38 bits per heavy atom. The van der Waals surface area contributed by atoms with Crippen molar-refractivity contribution >= 4 is 15.5 Å². The highest BCUT2D eigenvalue weighted by molar-refractivity contribution is 7.90. The Labute approximate surface area is 127 Å². The van der Waals surface area contributed by atoms with Gasteiger partial charge in [-0.3, -0.25) is 0 Å². The third-order valence-corrected chi connectivity index (χ3v) is 4.29. The molecule has 1 aromatic carbocycles. The lowest BCUT2D eigenvalue weighted by atomic mass is 10.0. The maximum Gasteiger partial charge on any atom is 0.149 e. The highest BCUT2D eigenvalue weighted by Gasteiger charge is 2.18. The average Bonchev–Trinajstić information content (AvgIpc) is 2.41. The zero-order valence-corrected chi connectivity index (χ0v) is 14.0. The molecule has 0 aliphatic carbocycles. The molecule has 6 heteroatoms. The van der Waals surface area contributed by atoms with Crippen LogP contribution < -0.4 is 10.2 Å². The van der Waals surface area contributed by atoms with Crippen LogP contribution in [0.25, 0.3) is 0 Å². The van der Waals surface area contributed by atoms with Gasteiger partial charge < -0.3 is 10.2 Å². The Balaban J connectivity index is 2.98. The van der Waals surface area contributed by atoms with Crippen molar-refractivity contribution in [1.29, 1.82) is 0 Å². The molecule has 0 amide bonds. The summed E-state index contributed by atoms with van der Waals surface area (Å²) in [5.74, 6) is -0.317. The quantitative estimate of drug-likeness (QED) is 0.800. The molecule has 1 aromatic rings. The number of rotatable bonds is 8. The van der Waals surface area contributed by atoms with Gasteiger partial charge in [0.05, 0.1) is 11.4 Å². The Morgan fingerprint density at radius 3 is 2.62 bits per heavy atom. The molecule has 0 saturated heterocycles. The van der Waals surface area contributed by atoms with Gasteiger partial charge in [-0.15, -0.1) is 0 Å². The van der Waals surface area contributed by atoms with E-state index in [-0.39, 0.29) is 24.2 Å². The summed E-state index contributed by atoms with van der Waals surface area (Å²) in [5, 5.41) is 3.33. The fourth-order valence-corrected chi connectivity index (χ4v) is 2.78. The van der Waals surface area contributed by atoms with Crippen LogP contribution in [0, 0.1) is 5.82 Å². The highest BCUT2D eigenvalue weighted by atomic mass is 32.2. The molecule has 1 rings (SSSR count). The van der Waals surface area contributed by atoms with Gasteiger partial charge >= 0.3 is 0 Å². The first-order valence-electron chi connectivity index (χ1n) is 7.17. The van der Waals surface area contributed by atoms with Crippen LogP contribution >= 0.6 is 0 Å². The number of hydrogen-bond acceptors (Lipinski definition) is 4. The van der Waals surface area contributed by atoms with E-state index in [4.69, 9.17) is 0 Å². The summed E-state index contributed by atoms with van der Waals surface area (Å²) in [7, 11) is -1.35. The lowest BCUT2D eigenvalue weighted by Crippen LogP contribution is -2.28. The van der Waals surface area contributed by atoms with Gasteiger partial charge in [0, 0.05) is 25.9 Å². The average molecular weight is 316 g/mol. The second-order valence-electron chi connectivity index (χ2n) is 5.40. The zero-order valence-electron chi connectivity index (χ0n) is 13.2. The Bertz CT molecular complexity index is 561. The molecule has 0 aliphatic heterocycles. The molecule has 4 nitrogen and oxygen atoms in total. The molecular formula is C15H25FN2O2S. The second kappa shape index (κ2) is 7.75. The number of para-hydroxylation sites is 1. The van der Waals surface area contributed by atoms with Gasteiger partial charge in [0.25, 0.3) is 0 Å². The molecule has 1 atom stereocenters. The first-order valence-corrected chi connectivity index (χ1v) is 9.23. The normalized spacial score (nSPS) is 13.2. The summed E-state index contributed by atoms with van der Waals surface area (Å²) < 4.78 is 36.7. The molecule has 0 saturated carbocycles. The first-order chi connectivity index (χ1) is 9.76. The molecule has 0 aliphatic rings. The van der Waals surface area contributed by atoms with E-state index in [0.29, 0.717) is 5.69 Å². The van der Waals surface area contributed by atoms with Crippen molar-refractivity contribution < 1.29 is 12.8 Å². The number of nitrogens with one attached hydrogen (secondary N) is 1. The van der Waals surface area contributed by atoms with E-state index in [2.05, 4.69) is 12.2 Å². The van der Waals surface area contributed by atoms with Crippen molar-refractivity contribution in [2.45, 2.75) is 26.3 Å². The van der Waals surface area contributed by atoms with E-state index in [1.54, 1.807) is 18.0 Å². The number of benzene rings is 1. The lowest BCUT2D eigenvalue weighted by molar-refractivity contribution is 0.560. The van der Waals surface area contributed by atoms with Crippen molar-refractivity contribution in [1.82, 2.24) is 5.32 Å². The Morgan fingerprint density at radius 2 is 2.05 bits per heavy atom. The summed E-state index contributed by atoms with van der Waals surface area (Å²) in [4.78, 5) is 1.68. The van der Waals surface area contributed by atoms with Crippen LogP contribution in [-0.4, -0.2) is 40.6 Å². The summed E-state index contributed by atoms with van der Waals surface area (Å²) in [6.45, 7) is 5.18. The third-order valence-electron chi connectivity index (χ3n) is 3.36. The van der Waals surface area contributed by atoms with Crippen LogP contribution in [0.5, 0.6) is 0 Å². The third kappa shape index (κ3) is 5.63. The van der Waals surface area contributed by atoms with E-state index >= 15 is 0 Å². The lowest BCUT2D eigenvalue weighted by Gasteiger charge is -2.26. The maximum atomic E-state index is 14.2. The van der Waals surface area contributed by atoms with Gasteiger partial charge in [0.2, 0.25) is 0 Å². The smallest absolute Gasteiger partial charge is 0.149 e. The van der Waals surface area contributed by atoms with Gasteiger partial charge in [-0.1, -0.05) is 19.1 Å². The first kappa shape index (κ1) is 17.9. The topological polar surface area (TPSA) is 49.4 Å². The maximum absolute atomic E-state index is 14.2. The van der Waals surface area contributed by atoms with E-state index < -0.39 is 9.84 Å². The van der Waals surface area contributed by atoms with Crippen LogP contribution in [0.2, 0.25) is 0 Å². The number of nitrogens with zero attached hydrogens (tertiary/aromatic N) is 1. The summed E-state index contributed by atoms with van der Waals surface area (Å²) in [5.41, 5.74) is 1.32. The minimum Gasteiger partial charge on any atom is -0.371 e. The summed E-state index contributed by atoms with van der Waals surface area (Å²) in [6, 6.07) is 4.98. The predicted octanol–water partition coefficient (Wildman–Crippen LogP) is 2.37. The molecular weight excluding hydrogens is 291 g/mol.